The van der Waals surface area contributed by atoms with E-state index in [4.69, 9.17) is 0 Å². The normalized spacial score (nSPS) is 27.5. The zero-order chi connectivity index (χ0) is 10.3. The number of rotatable bonds is 1. The largest absolute Gasteiger partial charge is 0.545 e. The number of aliphatic carboxylic acids is 1. The van der Waals surface area contributed by atoms with Gasteiger partial charge < -0.3 is 9.90 Å². The van der Waals surface area contributed by atoms with E-state index in [-0.39, 0.29) is 5.84 Å². The smallest absolute Gasteiger partial charge is 0.441 e. The maximum atomic E-state index is 12.2. The van der Waals surface area contributed by atoms with Crippen molar-refractivity contribution in [3.63, 3.8) is 0 Å². The highest BCUT2D eigenvalue weighted by molar-refractivity contribution is 5.89. The quantitative estimate of drug-likeness (QED) is 0.583. The van der Waals surface area contributed by atoms with Crippen LogP contribution < -0.4 is 5.11 Å². The van der Waals surface area contributed by atoms with Crippen molar-refractivity contribution < 1.29 is 23.1 Å². The summed E-state index contributed by atoms with van der Waals surface area (Å²) in [5, 5.41) is 15.7. The lowest BCUT2D eigenvalue weighted by molar-refractivity contribution is -0.328. The van der Waals surface area contributed by atoms with Gasteiger partial charge in [0.05, 0.1) is 0 Å². The first-order chi connectivity index (χ1) is 5.79. The van der Waals surface area contributed by atoms with E-state index >= 15 is 0 Å². The molecule has 1 aliphatic heterocycles. The van der Waals surface area contributed by atoms with Gasteiger partial charge in [-0.05, 0) is 6.92 Å². The summed E-state index contributed by atoms with van der Waals surface area (Å²) < 4.78 is 36.5. The molecule has 0 amide bonds. The van der Waals surface area contributed by atoms with Crippen molar-refractivity contribution in [1.82, 2.24) is 0 Å². The lowest BCUT2D eigenvalue weighted by Crippen LogP contribution is -2.54. The number of alkyl halides is 3. The molecule has 0 saturated carbocycles. The first-order valence-corrected chi connectivity index (χ1v) is 3.07. The lowest BCUT2D eigenvalue weighted by atomic mass is 10.2. The number of aliphatic imine (C=N–C) groups is 1. The fourth-order valence-corrected chi connectivity index (χ4v) is 0.746. The van der Waals surface area contributed by atoms with Crippen molar-refractivity contribution in [2.45, 2.75) is 18.8 Å². The van der Waals surface area contributed by atoms with Crippen LogP contribution >= 0.6 is 0 Å². The molecular formula is C5H3F3N3O2-. The third-order valence-corrected chi connectivity index (χ3v) is 1.34. The first-order valence-electron chi connectivity index (χ1n) is 3.07. The van der Waals surface area contributed by atoms with Crippen LogP contribution in [0.1, 0.15) is 6.92 Å². The zero-order valence-electron chi connectivity index (χ0n) is 6.29. The molecule has 1 aliphatic rings. The Morgan fingerprint density at radius 2 is 2.08 bits per heavy atom. The number of hydrogen-bond acceptors (Lipinski definition) is 5. The maximum Gasteiger partial charge on any atom is 0.441 e. The summed E-state index contributed by atoms with van der Waals surface area (Å²) in [6, 6.07) is 0. The van der Waals surface area contributed by atoms with Crippen LogP contribution in [-0.4, -0.2) is 23.6 Å². The van der Waals surface area contributed by atoms with Gasteiger partial charge in [0.15, 0.2) is 0 Å². The number of amidine groups is 1. The second-order valence-electron chi connectivity index (χ2n) is 2.32. The molecule has 0 saturated heterocycles. The average molecular weight is 194 g/mol. The highest BCUT2D eigenvalue weighted by atomic mass is 19.4. The molecule has 72 valence electrons. The molecule has 0 aromatic heterocycles. The number of halogens is 3. The molecule has 0 aromatic carbocycles. The van der Waals surface area contributed by atoms with Crippen LogP contribution in [0.3, 0.4) is 0 Å². The number of carboxylic acids is 1. The Morgan fingerprint density at radius 3 is 2.23 bits per heavy atom. The average Bonchev–Trinajstić information content (AvgIpc) is 2.30. The van der Waals surface area contributed by atoms with Crippen molar-refractivity contribution in [3.05, 3.63) is 0 Å². The van der Waals surface area contributed by atoms with E-state index in [9.17, 15) is 23.1 Å². The number of nitrogens with zero attached hydrogens (tertiary/aromatic N) is 3. The van der Waals surface area contributed by atoms with E-state index in [2.05, 4.69) is 15.2 Å². The van der Waals surface area contributed by atoms with Crippen LogP contribution in [0.25, 0.3) is 0 Å². The molecule has 13 heavy (non-hydrogen) atoms. The fourth-order valence-electron chi connectivity index (χ4n) is 0.746. The lowest BCUT2D eigenvalue weighted by Gasteiger charge is -2.24. The van der Waals surface area contributed by atoms with E-state index in [0.29, 0.717) is 0 Å². The summed E-state index contributed by atoms with van der Waals surface area (Å²) in [5.74, 6) is -2.78. The van der Waals surface area contributed by atoms with Gasteiger partial charge in [-0.3, -0.25) is 0 Å². The van der Waals surface area contributed by atoms with E-state index in [0.717, 1.165) is 6.92 Å². The molecule has 5 nitrogen and oxygen atoms in total. The molecule has 0 radical (unpaired) electrons. The summed E-state index contributed by atoms with van der Waals surface area (Å²) in [7, 11) is 0. The Balaban J connectivity index is 3.22. The summed E-state index contributed by atoms with van der Waals surface area (Å²) in [4.78, 5) is 13.0. The summed E-state index contributed by atoms with van der Waals surface area (Å²) in [5.41, 5.74) is -3.54. The van der Waals surface area contributed by atoms with Gasteiger partial charge in [-0.2, -0.15) is 13.2 Å². The van der Waals surface area contributed by atoms with Gasteiger partial charge in [0.25, 0.3) is 0 Å². The monoisotopic (exact) mass is 194 g/mol. The number of hydrogen-bond donors (Lipinski definition) is 0. The molecular weight excluding hydrogens is 191 g/mol. The van der Waals surface area contributed by atoms with Gasteiger partial charge in [-0.25, -0.2) is 4.99 Å². The number of carboxylic acid groups (broad SMARTS) is 1. The van der Waals surface area contributed by atoms with Crippen LogP contribution in [-0.2, 0) is 4.79 Å². The molecule has 0 spiro atoms. The zero-order valence-corrected chi connectivity index (χ0v) is 6.29. The van der Waals surface area contributed by atoms with Crippen molar-refractivity contribution in [2.24, 2.45) is 15.2 Å². The summed E-state index contributed by atoms with van der Waals surface area (Å²) in [6.07, 6.45) is -5.13. The Bertz CT molecular complexity index is 309. The molecule has 0 N–H and O–H groups in total. The minimum absolute atomic E-state index is 0.346. The van der Waals surface area contributed by atoms with Gasteiger partial charge in [-0.15, -0.1) is 10.2 Å². The van der Waals surface area contributed by atoms with E-state index in [1.54, 1.807) is 0 Å². The highest BCUT2D eigenvalue weighted by Gasteiger charge is 2.59. The van der Waals surface area contributed by atoms with Crippen LogP contribution in [0.2, 0.25) is 0 Å². The number of carbonyl (C=O) groups excluding carboxylic acids is 1. The van der Waals surface area contributed by atoms with Crippen LogP contribution in [0.15, 0.2) is 15.2 Å². The molecule has 0 bridgehead atoms. The van der Waals surface area contributed by atoms with Gasteiger partial charge >= 0.3 is 11.8 Å². The predicted molar refractivity (Wildman–Crippen MR) is 31.8 cm³/mol. The molecule has 1 atom stereocenters. The van der Waals surface area contributed by atoms with Crippen molar-refractivity contribution in [1.29, 1.82) is 0 Å². The molecule has 8 heteroatoms. The molecule has 1 heterocycles. The molecule has 1 unspecified atom stereocenters. The Morgan fingerprint density at radius 1 is 1.54 bits per heavy atom. The van der Waals surface area contributed by atoms with Crippen LogP contribution in [0.5, 0.6) is 0 Å². The second kappa shape index (κ2) is 2.51. The third kappa shape index (κ3) is 1.27. The SMILES string of the molecule is CC1=NC(C(=O)[O-])(C(F)(F)F)N=N1. The third-order valence-electron chi connectivity index (χ3n) is 1.34. The van der Waals surface area contributed by atoms with Gasteiger partial charge in [-0.1, -0.05) is 0 Å². The molecule has 1 rings (SSSR count). The van der Waals surface area contributed by atoms with Gasteiger partial charge in [0.2, 0.25) is 0 Å². The van der Waals surface area contributed by atoms with E-state index in [1.165, 1.54) is 0 Å². The van der Waals surface area contributed by atoms with E-state index in [1.807, 2.05) is 0 Å². The van der Waals surface area contributed by atoms with Crippen molar-refractivity contribution in [3.8, 4) is 0 Å². The number of carbonyl (C=O) groups is 1. The summed E-state index contributed by atoms with van der Waals surface area (Å²) in [6.45, 7) is 1.11. The van der Waals surface area contributed by atoms with Crippen LogP contribution in [0, 0.1) is 0 Å². The summed E-state index contributed by atoms with van der Waals surface area (Å²) >= 11 is 0. The van der Waals surface area contributed by atoms with Gasteiger partial charge in [0, 0.05) is 0 Å². The highest BCUT2D eigenvalue weighted by Crippen LogP contribution is 2.37. The molecule has 0 aromatic rings. The Hall–Kier alpha value is -1.47. The molecule has 0 fully saturated rings. The maximum absolute atomic E-state index is 12.2. The first kappa shape index (κ1) is 9.62. The topological polar surface area (TPSA) is 77.2 Å². The second-order valence-corrected chi connectivity index (χ2v) is 2.32. The van der Waals surface area contributed by atoms with Gasteiger partial charge in [0.1, 0.15) is 11.8 Å². The Kier molecular flexibility index (Phi) is 1.85. The van der Waals surface area contributed by atoms with E-state index < -0.39 is 17.8 Å². The standard InChI is InChI=1S/C5H4F3N3O2/c1-2-9-4(3(12)13,11-10-2)5(6,7)8/h1H3,(H,12,13)/p-1. The minimum atomic E-state index is -5.13. The minimum Gasteiger partial charge on any atom is -0.545 e. The predicted octanol–water partition coefficient (Wildman–Crippen LogP) is -0.121. The fraction of sp³-hybridized carbons (Fsp3) is 0.600. The number of azo groups is 1. The van der Waals surface area contributed by atoms with Crippen molar-refractivity contribution in [2.75, 3.05) is 0 Å². The van der Waals surface area contributed by atoms with Crippen LogP contribution in [0.4, 0.5) is 13.2 Å². The Labute approximate surface area is 70.0 Å². The molecule has 0 aliphatic carbocycles. The van der Waals surface area contributed by atoms with Crippen molar-refractivity contribution >= 4 is 11.8 Å².